The SMILES string of the molecule is CC(C)n1ncnc1C(=O)Cc1ccccc1F. The molecule has 4 nitrogen and oxygen atoms in total. The molecule has 94 valence electrons. The second-order valence-corrected chi connectivity index (χ2v) is 4.31. The van der Waals surface area contributed by atoms with E-state index in [1.807, 2.05) is 13.8 Å². The summed E-state index contributed by atoms with van der Waals surface area (Å²) in [5.74, 6) is -0.332. The van der Waals surface area contributed by atoms with E-state index >= 15 is 0 Å². The molecular formula is C13H14FN3O. The third-order valence-electron chi connectivity index (χ3n) is 2.62. The Labute approximate surface area is 104 Å². The number of rotatable bonds is 4. The van der Waals surface area contributed by atoms with Gasteiger partial charge in [0, 0.05) is 12.5 Å². The van der Waals surface area contributed by atoms with Crippen molar-refractivity contribution in [3.8, 4) is 0 Å². The second-order valence-electron chi connectivity index (χ2n) is 4.31. The minimum atomic E-state index is -0.374. The van der Waals surface area contributed by atoms with Gasteiger partial charge in [0.2, 0.25) is 5.78 Å². The van der Waals surface area contributed by atoms with Gasteiger partial charge in [-0.25, -0.2) is 14.1 Å². The van der Waals surface area contributed by atoms with E-state index in [4.69, 9.17) is 0 Å². The first kappa shape index (κ1) is 12.4. The number of aromatic nitrogens is 3. The van der Waals surface area contributed by atoms with Gasteiger partial charge < -0.3 is 0 Å². The van der Waals surface area contributed by atoms with Crippen LogP contribution in [-0.2, 0) is 6.42 Å². The molecule has 0 spiro atoms. The Morgan fingerprint density at radius 3 is 2.78 bits per heavy atom. The number of hydrogen-bond acceptors (Lipinski definition) is 3. The summed E-state index contributed by atoms with van der Waals surface area (Å²) in [6, 6.07) is 6.30. The molecule has 0 atom stereocenters. The third kappa shape index (κ3) is 2.45. The van der Waals surface area contributed by atoms with Crippen LogP contribution in [0.15, 0.2) is 30.6 Å². The summed E-state index contributed by atoms with van der Waals surface area (Å²) < 4.78 is 15.0. The first-order valence-electron chi connectivity index (χ1n) is 5.75. The molecule has 0 saturated carbocycles. The van der Waals surface area contributed by atoms with Gasteiger partial charge in [-0.15, -0.1) is 0 Å². The average Bonchev–Trinajstić information content (AvgIpc) is 2.81. The van der Waals surface area contributed by atoms with Crippen molar-refractivity contribution in [2.75, 3.05) is 0 Å². The lowest BCUT2D eigenvalue weighted by molar-refractivity contribution is 0.0974. The highest BCUT2D eigenvalue weighted by molar-refractivity contribution is 5.94. The lowest BCUT2D eigenvalue weighted by Gasteiger charge is -2.08. The number of benzene rings is 1. The molecule has 2 aromatic rings. The van der Waals surface area contributed by atoms with Crippen molar-refractivity contribution < 1.29 is 9.18 Å². The molecule has 5 heteroatoms. The summed E-state index contributed by atoms with van der Waals surface area (Å²) in [7, 11) is 0. The average molecular weight is 247 g/mol. The number of hydrogen-bond donors (Lipinski definition) is 0. The zero-order valence-electron chi connectivity index (χ0n) is 10.3. The summed E-state index contributed by atoms with van der Waals surface area (Å²) in [6.07, 6.45) is 1.34. The monoisotopic (exact) mass is 247 g/mol. The fourth-order valence-electron chi connectivity index (χ4n) is 1.72. The molecule has 18 heavy (non-hydrogen) atoms. The van der Waals surface area contributed by atoms with E-state index in [0.29, 0.717) is 5.56 Å². The number of halogens is 1. The predicted molar refractivity (Wildman–Crippen MR) is 64.8 cm³/mol. The van der Waals surface area contributed by atoms with Crippen LogP contribution in [0.3, 0.4) is 0 Å². The van der Waals surface area contributed by atoms with E-state index in [9.17, 15) is 9.18 Å². The molecule has 1 aromatic carbocycles. The van der Waals surface area contributed by atoms with E-state index in [2.05, 4.69) is 10.1 Å². The number of Topliss-reactive ketones (excluding diaryl/α,β-unsaturated/α-hetero) is 1. The Kier molecular flexibility index (Phi) is 3.50. The molecule has 0 N–H and O–H groups in total. The minimum Gasteiger partial charge on any atom is -0.290 e. The molecular weight excluding hydrogens is 233 g/mol. The topological polar surface area (TPSA) is 47.8 Å². The molecule has 0 aliphatic rings. The molecule has 0 bridgehead atoms. The van der Waals surface area contributed by atoms with Crippen molar-refractivity contribution in [2.45, 2.75) is 26.3 Å². The summed E-state index contributed by atoms with van der Waals surface area (Å²) in [6.45, 7) is 3.82. The molecule has 1 heterocycles. The highest BCUT2D eigenvalue weighted by Crippen LogP contribution is 2.12. The molecule has 0 aliphatic heterocycles. The van der Waals surface area contributed by atoms with E-state index in [1.54, 1.807) is 22.9 Å². The molecule has 0 radical (unpaired) electrons. The van der Waals surface area contributed by atoms with Gasteiger partial charge in [-0.3, -0.25) is 4.79 Å². The van der Waals surface area contributed by atoms with E-state index in [-0.39, 0.29) is 29.9 Å². The van der Waals surface area contributed by atoms with Crippen molar-refractivity contribution in [3.63, 3.8) is 0 Å². The number of carbonyl (C=O) groups is 1. The molecule has 2 rings (SSSR count). The van der Waals surface area contributed by atoms with Crippen LogP contribution >= 0.6 is 0 Å². The zero-order chi connectivity index (χ0) is 13.1. The molecule has 0 saturated heterocycles. The number of ketones is 1. The molecule has 0 unspecified atom stereocenters. The summed E-state index contributed by atoms with van der Waals surface area (Å²) >= 11 is 0. The fourth-order valence-corrected chi connectivity index (χ4v) is 1.72. The Morgan fingerprint density at radius 2 is 2.11 bits per heavy atom. The van der Waals surface area contributed by atoms with E-state index < -0.39 is 0 Å². The quantitative estimate of drug-likeness (QED) is 0.779. The van der Waals surface area contributed by atoms with Crippen molar-refractivity contribution in [2.24, 2.45) is 0 Å². The highest BCUT2D eigenvalue weighted by atomic mass is 19.1. The Morgan fingerprint density at radius 1 is 1.39 bits per heavy atom. The predicted octanol–water partition coefficient (Wildman–Crippen LogP) is 2.42. The van der Waals surface area contributed by atoms with Crippen LogP contribution in [0, 0.1) is 5.82 Å². The van der Waals surface area contributed by atoms with Crippen LogP contribution in [0.4, 0.5) is 4.39 Å². The van der Waals surface area contributed by atoms with Gasteiger partial charge in [-0.2, -0.15) is 5.10 Å². The maximum absolute atomic E-state index is 13.5. The maximum atomic E-state index is 13.5. The minimum absolute atomic E-state index is 0.00190. The van der Waals surface area contributed by atoms with Crippen LogP contribution in [0.25, 0.3) is 0 Å². The van der Waals surface area contributed by atoms with Crippen LogP contribution in [-0.4, -0.2) is 20.5 Å². The van der Waals surface area contributed by atoms with Crippen LogP contribution in [0.2, 0.25) is 0 Å². The Bertz CT molecular complexity index is 563. The lowest BCUT2D eigenvalue weighted by atomic mass is 10.1. The largest absolute Gasteiger partial charge is 0.290 e. The summed E-state index contributed by atoms with van der Waals surface area (Å²) in [5.41, 5.74) is 0.376. The van der Waals surface area contributed by atoms with Gasteiger partial charge in [0.15, 0.2) is 5.82 Å². The van der Waals surface area contributed by atoms with Crippen molar-refractivity contribution in [3.05, 3.63) is 47.8 Å². The lowest BCUT2D eigenvalue weighted by Crippen LogP contribution is -2.15. The molecule has 0 fully saturated rings. The van der Waals surface area contributed by atoms with Crippen LogP contribution in [0.1, 0.15) is 36.1 Å². The number of carbonyl (C=O) groups excluding carboxylic acids is 1. The number of nitrogens with zero attached hydrogens (tertiary/aromatic N) is 3. The zero-order valence-corrected chi connectivity index (χ0v) is 10.3. The molecule has 0 amide bonds. The smallest absolute Gasteiger partial charge is 0.204 e. The molecule has 0 aliphatic carbocycles. The Balaban J connectivity index is 2.23. The van der Waals surface area contributed by atoms with Gasteiger partial charge in [-0.1, -0.05) is 18.2 Å². The fraction of sp³-hybridized carbons (Fsp3) is 0.308. The van der Waals surface area contributed by atoms with Crippen LogP contribution in [0.5, 0.6) is 0 Å². The third-order valence-corrected chi connectivity index (χ3v) is 2.62. The second kappa shape index (κ2) is 5.08. The van der Waals surface area contributed by atoms with Crippen molar-refractivity contribution in [1.29, 1.82) is 0 Å². The first-order chi connectivity index (χ1) is 8.59. The van der Waals surface area contributed by atoms with Crippen LogP contribution < -0.4 is 0 Å². The summed E-state index contributed by atoms with van der Waals surface area (Å²) in [5, 5.41) is 3.99. The van der Waals surface area contributed by atoms with E-state index in [1.165, 1.54) is 12.4 Å². The van der Waals surface area contributed by atoms with E-state index in [0.717, 1.165) is 0 Å². The standard InChI is InChI=1S/C13H14FN3O/c1-9(2)17-13(15-8-16-17)12(18)7-10-5-3-4-6-11(10)14/h3-6,8-9H,7H2,1-2H3. The van der Waals surface area contributed by atoms with Crippen molar-refractivity contribution >= 4 is 5.78 Å². The molecule has 1 aromatic heterocycles. The maximum Gasteiger partial charge on any atom is 0.204 e. The van der Waals surface area contributed by atoms with Crippen molar-refractivity contribution in [1.82, 2.24) is 14.8 Å². The normalized spacial score (nSPS) is 10.9. The highest BCUT2D eigenvalue weighted by Gasteiger charge is 2.17. The van der Waals surface area contributed by atoms with Gasteiger partial charge in [0.05, 0.1) is 0 Å². The van der Waals surface area contributed by atoms with Gasteiger partial charge in [-0.05, 0) is 25.5 Å². The van der Waals surface area contributed by atoms with Gasteiger partial charge >= 0.3 is 0 Å². The summed E-state index contributed by atoms with van der Waals surface area (Å²) in [4.78, 5) is 16.0. The Hall–Kier alpha value is -2.04. The first-order valence-corrected chi connectivity index (χ1v) is 5.75. The van der Waals surface area contributed by atoms with Gasteiger partial charge in [0.1, 0.15) is 12.1 Å². The van der Waals surface area contributed by atoms with Gasteiger partial charge in [0.25, 0.3) is 0 Å².